The van der Waals surface area contributed by atoms with Crippen molar-refractivity contribution in [1.29, 1.82) is 0 Å². The fourth-order valence-electron chi connectivity index (χ4n) is 5.16. The molecule has 0 atom stereocenters. The maximum atomic E-state index is 14.5. The van der Waals surface area contributed by atoms with Gasteiger partial charge < -0.3 is 15.0 Å². The maximum Gasteiger partial charge on any atom is 0.253 e. The highest BCUT2D eigenvalue weighted by molar-refractivity contribution is 6.01. The molecule has 214 valence electrons. The summed E-state index contributed by atoms with van der Waals surface area (Å²) in [6.45, 7) is 8.48. The number of hydrogen-bond acceptors (Lipinski definition) is 3. The Bertz CT molecular complexity index is 1410. The van der Waals surface area contributed by atoms with Crippen LogP contribution in [0.3, 0.4) is 0 Å². The number of halogens is 3. The molecule has 1 fully saturated rings. The van der Waals surface area contributed by atoms with E-state index in [4.69, 9.17) is 4.74 Å². The lowest BCUT2D eigenvalue weighted by Crippen LogP contribution is -2.31. The number of nitrogens with zero attached hydrogens (tertiary/aromatic N) is 1. The number of fused-ring (bicyclic) bond motifs is 1. The molecule has 2 aromatic heterocycles. The van der Waals surface area contributed by atoms with Crippen LogP contribution in [0.25, 0.3) is 22.0 Å². The van der Waals surface area contributed by atoms with Crippen LogP contribution >= 0.6 is 0 Å². The third kappa shape index (κ3) is 6.84. The van der Waals surface area contributed by atoms with E-state index in [9.17, 15) is 18.0 Å². The number of aromatic amines is 1. The van der Waals surface area contributed by atoms with Crippen LogP contribution in [0.2, 0.25) is 0 Å². The van der Waals surface area contributed by atoms with E-state index in [2.05, 4.69) is 15.3 Å². The first kappa shape index (κ1) is 30.7. The Hall–Kier alpha value is -3.81. The molecule has 2 heterocycles. The van der Waals surface area contributed by atoms with Gasteiger partial charge in [0.2, 0.25) is 0 Å². The Morgan fingerprint density at radius 1 is 0.975 bits per heavy atom. The molecule has 5 rings (SSSR count). The maximum absolute atomic E-state index is 14.5. The van der Waals surface area contributed by atoms with Crippen LogP contribution in [0.5, 0.6) is 5.75 Å². The summed E-state index contributed by atoms with van der Waals surface area (Å²) in [5.41, 5.74) is 2.37. The first-order chi connectivity index (χ1) is 19.4. The van der Waals surface area contributed by atoms with E-state index in [1.165, 1.54) is 31.6 Å². The minimum Gasteiger partial charge on any atom is -0.497 e. The Kier molecular flexibility index (Phi) is 11.2. The number of benzene rings is 2. The molecule has 0 bridgehead atoms. The lowest BCUT2D eigenvalue weighted by Gasteiger charge is -2.29. The van der Waals surface area contributed by atoms with Gasteiger partial charge in [-0.1, -0.05) is 27.7 Å². The van der Waals surface area contributed by atoms with Crippen molar-refractivity contribution in [3.63, 3.8) is 0 Å². The number of aromatic nitrogens is 2. The first-order valence-electron chi connectivity index (χ1n) is 14.0. The molecule has 2 N–H and O–H groups in total. The molecule has 5 nitrogen and oxygen atoms in total. The quantitative estimate of drug-likeness (QED) is 0.252. The second-order valence-corrected chi connectivity index (χ2v) is 9.24. The topological polar surface area (TPSA) is 67.0 Å². The molecule has 0 aliphatic heterocycles. The molecule has 0 radical (unpaired) electrons. The van der Waals surface area contributed by atoms with Crippen LogP contribution in [0.4, 0.5) is 13.2 Å². The summed E-state index contributed by atoms with van der Waals surface area (Å²) in [5.74, 6) is -1.93. The van der Waals surface area contributed by atoms with E-state index in [0.717, 1.165) is 48.2 Å². The van der Waals surface area contributed by atoms with Gasteiger partial charge in [0.1, 0.15) is 11.6 Å². The van der Waals surface area contributed by atoms with Gasteiger partial charge in [-0.2, -0.15) is 0 Å². The molecular weight excluding hydrogens is 515 g/mol. The van der Waals surface area contributed by atoms with Crippen molar-refractivity contribution < 1.29 is 22.7 Å². The third-order valence-corrected chi connectivity index (χ3v) is 7.09. The number of carbonyl (C=O) groups is 1. The largest absolute Gasteiger partial charge is 0.497 e. The first-order valence-corrected chi connectivity index (χ1v) is 14.0. The van der Waals surface area contributed by atoms with Gasteiger partial charge in [0, 0.05) is 47.7 Å². The van der Waals surface area contributed by atoms with Crippen molar-refractivity contribution in [3.8, 4) is 16.9 Å². The second-order valence-electron chi connectivity index (χ2n) is 9.24. The standard InChI is InChI=1S/C28H26F3N3O2.2C2H6/c1-36-19-11-22(27(31)25(30)12-19)23-14-32-15-24(23)28(35)34-13-16-2-4-17(5-3-16)20-8-9-33-26-7-6-18(29)10-21(20)26;2*1-2/h6-12,14-17,32H,2-5,13H2,1H3,(H,34,35);2*1-2H3. The highest BCUT2D eigenvalue weighted by Crippen LogP contribution is 2.38. The Labute approximate surface area is 234 Å². The monoisotopic (exact) mass is 553 g/mol. The van der Waals surface area contributed by atoms with Crippen LogP contribution < -0.4 is 10.1 Å². The van der Waals surface area contributed by atoms with Crippen LogP contribution in [0.15, 0.2) is 55.0 Å². The number of methoxy groups -OCH3 is 1. The van der Waals surface area contributed by atoms with Crippen molar-refractivity contribution in [2.24, 2.45) is 5.92 Å². The number of ether oxygens (including phenoxy) is 1. The van der Waals surface area contributed by atoms with Crippen molar-refractivity contribution >= 4 is 16.8 Å². The fourth-order valence-corrected chi connectivity index (χ4v) is 5.16. The Morgan fingerprint density at radius 2 is 1.70 bits per heavy atom. The van der Waals surface area contributed by atoms with Gasteiger partial charge in [-0.05, 0) is 73.4 Å². The summed E-state index contributed by atoms with van der Waals surface area (Å²) in [7, 11) is 1.37. The molecule has 1 aliphatic rings. The molecule has 8 heteroatoms. The fraction of sp³-hybridized carbons (Fsp3) is 0.375. The van der Waals surface area contributed by atoms with Crippen molar-refractivity contribution in [1.82, 2.24) is 15.3 Å². The van der Waals surface area contributed by atoms with E-state index < -0.39 is 11.6 Å². The number of amides is 1. The van der Waals surface area contributed by atoms with E-state index in [-0.39, 0.29) is 34.2 Å². The average molecular weight is 554 g/mol. The predicted octanol–water partition coefficient (Wildman–Crippen LogP) is 8.41. The number of rotatable bonds is 6. The molecular formula is C32H38F3N3O2. The molecule has 0 spiro atoms. The summed E-state index contributed by atoms with van der Waals surface area (Å²) in [6, 6.07) is 8.99. The molecule has 1 amide bonds. The van der Waals surface area contributed by atoms with Gasteiger partial charge in [-0.15, -0.1) is 0 Å². The van der Waals surface area contributed by atoms with Gasteiger partial charge in [-0.25, -0.2) is 13.2 Å². The summed E-state index contributed by atoms with van der Waals surface area (Å²) < 4.78 is 47.4. The van der Waals surface area contributed by atoms with Crippen molar-refractivity contribution in [3.05, 3.63) is 83.6 Å². The SMILES string of the molecule is CC.CC.COc1cc(F)c(F)c(-c2c[nH]cc2C(=O)NCC2CCC(c3ccnc4ccc(F)cc34)CC2)c1. The minimum absolute atomic E-state index is 0.0419. The van der Waals surface area contributed by atoms with E-state index in [0.29, 0.717) is 18.4 Å². The van der Waals surface area contributed by atoms with Crippen molar-refractivity contribution in [2.45, 2.75) is 59.3 Å². The summed E-state index contributed by atoms with van der Waals surface area (Å²) in [6.07, 6.45) is 8.41. The smallest absolute Gasteiger partial charge is 0.253 e. The van der Waals surface area contributed by atoms with Crippen molar-refractivity contribution in [2.75, 3.05) is 13.7 Å². The van der Waals surface area contributed by atoms with E-state index >= 15 is 0 Å². The molecule has 2 aromatic carbocycles. The molecule has 4 aromatic rings. The Morgan fingerprint density at radius 3 is 2.40 bits per heavy atom. The van der Waals surface area contributed by atoms with Crippen LogP contribution in [-0.2, 0) is 0 Å². The van der Waals surface area contributed by atoms with Gasteiger partial charge in [0.05, 0.1) is 18.2 Å². The van der Waals surface area contributed by atoms with Crippen LogP contribution in [0, 0.1) is 23.4 Å². The molecule has 1 saturated carbocycles. The predicted molar refractivity (Wildman–Crippen MR) is 154 cm³/mol. The number of carbonyl (C=O) groups excluding carboxylic acids is 1. The number of nitrogens with one attached hydrogen (secondary N) is 2. The minimum atomic E-state index is -1.04. The second kappa shape index (κ2) is 14.5. The zero-order chi connectivity index (χ0) is 29.2. The molecule has 0 unspecified atom stereocenters. The zero-order valence-electron chi connectivity index (χ0n) is 23.8. The average Bonchev–Trinajstić information content (AvgIpc) is 3.49. The lowest BCUT2D eigenvalue weighted by molar-refractivity contribution is 0.0943. The van der Waals surface area contributed by atoms with Gasteiger partial charge in [-0.3, -0.25) is 9.78 Å². The van der Waals surface area contributed by atoms with Crippen LogP contribution in [0.1, 0.15) is 75.2 Å². The number of pyridine rings is 1. The highest BCUT2D eigenvalue weighted by Gasteiger charge is 2.25. The van der Waals surface area contributed by atoms with Gasteiger partial charge >= 0.3 is 0 Å². The summed E-state index contributed by atoms with van der Waals surface area (Å²) >= 11 is 0. The molecule has 1 aliphatic carbocycles. The summed E-state index contributed by atoms with van der Waals surface area (Å²) in [4.78, 5) is 20.1. The zero-order valence-corrected chi connectivity index (χ0v) is 23.8. The molecule has 0 saturated heterocycles. The van der Waals surface area contributed by atoms with Gasteiger partial charge in [0.15, 0.2) is 11.6 Å². The van der Waals surface area contributed by atoms with Gasteiger partial charge in [0.25, 0.3) is 5.91 Å². The normalized spacial score (nSPS) is 16.3. The highest BCUT2D eigenvalue weighted by atomic mass is 19.2. The number of hydrogen-bond donors (Lipinski definition) is 2. The lowest BCUT2D eigenvalue weighted by atomic mass is 9.78. The van der Waals surface area contributed by atoms with Crippen LogP contribution in [-0.4, -0.2) is 29.5 Å². The molecule has 40 heavy (non-hydrogen) atoms. The Balaban J connectivity index is 0.00000106. The number of H-pyrrole nitrogens is 1. The summed E-state index contributed by atoms with van der Waals surface area (Å²) in [5, 5.41) is 3.81. The third-order valence-electron chi connectivity index (χ3n) is 7.09. The van der Waals surface area contributed by atoms with E-state index in [1.54, 1.807) is 18.3 Å². The van der Waals surface area contributed by atoms with E-state index in [1.807, 2.05) is 33.8 Å².